The standard InChI is InChI=1S/C33H35N3O3S/c1-2-3-21-36(40(38,39)32-19-11-15-27-14-7-8-17-30(27)32)25-33(37)35(24-26-12-5-4-6-13-26)22-20-28-23-34-31-18-10-9-16-29(28)31/h4-19,23,34H,2-3,20-22,24-25H2,1H3. The molecule has 0 saturated carbocycles. The summed E-state index contributed by atoms with van der Waals surface area (Å²) in [4.78, 5) is 19.2. The van der Waals surface area contributed by atoms with Gasteiger partial charge >= 0.3 is 0 Å². The van der Waals surface area contributed by atoms with E-state index in [1.165, 1.54) is 4.31 Å². The Labute approximate surface area is 236 Å². The van der Waals surface area contributed by atoms with Gasteiger partial charge in [-0.25, -0.2) is 8.42 Å². The number of hydrogen-bond acceptors (Lipinski definition) is 3. The summed E-state index contributed by atoms with van der Waals surface area (Å²) in [5.74, 6) is -0.205. The lowest BCUT2D eigenvalue weighted by atomic mass is 10.1. The molecule has 0 atom stereocenters. The number of H-pyrrole nitrogens is 1. The number of fused-ring (bicyclic) bond motifs is 2. The van der Waals surface area contributed by atoms with E-state index < -0.39 is 10.0 Å². The number of unbranched alkanes of at least 4 members (excludes halogenated alkanes) is 1. The highest BCUT2D eigenvalue weighted by molar-refractivity contribution is 7.89. The van der Waals surface area contributed by atoms with Crippen LogP contribution in [0.25, 0.3) is 21.7 Å². The second kappa shape index (κ2) is 12.5. The average molecular weight is 554 g/mol. The minimum atomic E-state index is -3.91. The van der Waals surface area contributed by atoms with Crippen LogP contribution in [0.3, 0.4) is 0 Å². The molecule has 0 bridgehead atoms. The van der Waals surface area contributed by atoms with Gasteiger partial charge in [-0.2, -0.15) is 4.31 Å². The van der Waals surface area contributed by atoms with Crippen LogP contribution in [0.2, 0.25) is 0 Å². The Bertz CT molecular complexity index is 1690. The number of carbonyl (C=O) groups is 1. The smallest absolute Gasteiger partial charge is 0.244 e. The Hall–Kier alpha value is -3.94. The lowest BCUT2D eigenvalue weighted by Crippen LogP contribution is -2.43. The molecule has 0 aliphatic heterocycles. The van der Waals surface area contributed by atoms with Gasteiger partial charge in [-0.15, -0.1) is 0 Å². The molecule has 1 heterocycles. The van der Waals surface area contributed by atoms with Gasteiger partial charge in [0.05, 0.1) is 11.4 Å². The number of aromatic nitrogens is 1. The van der Waals surface area contributed by atoms with E-state index in [0.717, 1.165) is 33.8 Å². The van der Waals surface area contributed by atoms with Gasteiger partial charge in [-0.1, -0.05) is 98.3 Å². The zero-order chi connectivity index (χ0) is 28.0. The Morgan fingerprint density at radius 3 is 2.30 bits per heavy atom. The lowest BCUT2D eigenvalue weighted by molar-refractivity contribution is -0.132. The Morgan fingerprint density at radius 2 is 1.50 bits per heavy atom. The number of rotatable bonds is 12. The lowest BCUT2D eigenvalue weighted by Gasteiger charge is -2.28. The largest absolute Gasteiger partial charge is 0.361 e. The van der Waals surface area contributed by atoms with Crippen LogP contribution in [0.4, 0.5) is 0 Å². The van der Waals surface area contributed by atoms with Crippen LogP contribution < -0.4 is 0 Å². The fraction of sp³-hybridized carbons (Fsp3) is 0.242. The topological polar surface area (TPSA) is 73.5 Å². The zero-order valence-corrected chi connectivity index (χ0v) is 23.6. The predicted octanol–water partition coefficient (Wildman–Crippen LogP) is 6.38. The molecule has 1 aromatic heterocycles. The first kappa shape index (κ1) is 27.6. The normalized spacial score (nSPS) is 11.8. The fourth-order valence-electron chi connectivity index (χ4n) is 5.12. The molecule has 5 aromatic rings. The van der Waals surface area contributed by atoms with Crippen molar-refractivity contribution in [2.24, 2.45) is 0 Å². The molecule has 1 amide bonds. The SMILES string of the molecule is CCCCN(CC(=O)N(CCc1c[nH]c2ccccc12)Cc1ccccc1)S(=O)(=O)c1cccc2ccccc12. The van der Waals surface area contributed by atoms with E-state index in [0.29, 0.717) is 31.3 Å². The number of carbonyl (C=O) groups excluding carboxylic acids is 1. The number of hydrogen-bond donors (Lipinski definition) is 1. The third-order valence-corrected chi connectivity index (χ3v) is 9.24. The van der Waals surface area contributed by atoms with E-state index in [4.69, 9.17) is 0 Å². The van der Waals surface area contributed by atoms with Gasteiger partial charge in [0.1, 0.15) is 0 Å². The van der Waals surface area contributed by atoms with Crippen LogP contribution >= 0.6 is 0 Å². The van der Waals surface area contributed by atoms with Crippen molar-refractivity contribution in [3.05, 3.63) is 114 Å². The summed E-state index contributed by atoms with van der Waals surface area (Å²) < 4.78 is 29.4. The van der Waals surface area contributed by atoms with Crippen molar-refractivity contribution in [2.45, 2.75) is 37.6 Å². The summed E-state index contributed by atoms with van der Waals surface area (Å²) in [6, 6.07) is 30.7. The maximum absolute atomic E-state index is 14.0. The summed E-state index contributed by atoms with van der Waals surface area (Å²) in [5, 5.41) is 2.66. The number of aromatic amines is 1. The number of amides is 1. The van der Waals surface area contributed by atoms with E-state index in [-0.39, 0.29) is 23.9 Å². The summed E-state index contributed by atoms with van der Waals surface area (Å²) in [7, 11) is -3.91. The second-order valence-corrected chi connectivity index (χ2v) is 12.0. The van der Waals surface area contributed by atoms with Crippen LogP contribution in [-0.4, -0.2) is 48.1 Å². The molecule has 0 fully saturated rings. The van der Waals surface area contributed by atoms with Crippen LogP contribution in [0.15, 0.2) is 108 Å². The minimum absolute atomic E-state index is 0.202. The Kier molecular flexibility index (Phi) is 8.63. The molecule has 4 aromatic carbocycles. The summed E-state index contributed by atoms with van der Waals surface area (Å²) >= 11 is 0. The maximum atomic E-state index is 14.0. The van der Waals surface area contributed by atoms with Crippen molar-refractivity contribution in [3.63, 3.8) is 0 Å². The molecule has 6 nitrogen and oxygen atoms in total. The first-order valence-electron chi connectivity index (χ1n) is 13.8. The van der Waals surface area contributed by atoms with Crippen LogP contribution in [0.1, 0.15) is 30.9 Å². The van der Waals surface area contributed by atoms with Crippen molar-refractivity contribution in [1.82, 2.24) is 14.2 Å². The molecular weight excluding hydrogens is 518 g/mol. The highest BCUT2D eigenvalue weighted by atomic mass is 32.2. The molecule has 0 spiro atoms. The van der Waals surface area contributed by atoms with Crippen molar-refractivity contribution in [3.8, 4) is 0 Å². The Balaban J connectivity index is 1.42. The fourth-order valence-corrected chi connectivity index (χ4v) is 6.76. The van der Waals surface area contributed by atoms with E-state index in [9.17, 15) is 13.2 Å². The van der Waals surface area contributed by atoms with Gasteiger partial charge in [-0.05, 0) is 41.5 Å². The van der Waals surface area contributed by atoms with Gasteiger partial charge in [0.15, 0.2) is 0 Å². The summed E-state index contributed by atoms with van der Waals surface area (Å²) in [6.07, 6.45) is 4.15. The highest BCUT2D eigenvalue weighted by Crippen LogP contribution is 2.26. The number of benzene rings is 4. The molecule has 40 heavy (non-hydrogen) atoms. The van der Waals surface area contributed by atoms with Crippen molar-refractivity contribution < 1.29 is 13.2 Å². The predicted molar refractivity (Wildman–Crippen MR) is 161 cm³/mol. The van der Waals surface area contributed by atoms with E-state index in [1.54, 1.807) is 17.0 Å². The second-order valence-electron chi connectivity index (χ2n) is 10.1. The third-order valence-electron chi connectivity index (χ3n) is 7.34. The van der Waals surface area contributed by atoms with E-state index >= 15 is 0 Å². The number of nitrogens with one attached hydrogen (secondary N) is 1. The van der Waals surface area contributed by atoms with Crippen LogP contribution in [-0.2, 0) is 27.8 Å². The van der Waals surface area contributed by atoms with Crippen molar-refractivity contribution in [2.75, 3.05) is 19.6 Å². The molecule has 0 aliphatic rings. The molecule has 5 rings (SSSR count). The Morgan fingerprint density at radius 1 is 0.800 bits per heavy atom. The minimum Gasteiger partial charge on any atom is -0.361 e. The quantitative estimate of drug-likeness (QED) is 0.195. The molecule has 1 N–H and O–H groups in total. The van der Waals surface area contributed by atoms with Crippen LogP contribution in [0, 0.1) is 0 Å². The molecule has 0 saturated heterocycles. The molecule has 0 aliphatic carbocycles. The maximum Gasteiger partial charge on any atom is 0.244 e. The average Bonchev–Trinajstić information content (AvgIpc) is 3.40. The molecular formula is C33H35N3O3S. The van der Waals surface area contributed by atoms with Gasteiger partial charge in [0.2, 0.25) is 15.9 Å². The monoisotopic (exact) mass is 553 g/mol. The molecule has 7 heteroatoms. The first-order valence-corrected chi connectivity index (χ1v) is 15.3. The number of sulfonamides is 1. The van der Waals surface area contributed by atoms with Crippen molar-refractivity contribution in [1.29, 1.82) is 0 Å². The summed E-state index contributed by atoms with van der Waals surface area (Å²) in [6.45, 7) is 3.00. The van der Waals surface area contributed by atoms with Gasteiger partial charge in [-0.3, -0.25) is 4.79 Å². The number of para-hydroxylation sites is 1. The number of nitrogens with zero attached hydrogens (tertiary/aromatic N) is 2. The molecule has 0 unspecified atom stereocenters. The molecule has 206 valence electrons. The van der Waals surface area contributed by atoms with Gasteiger partial charge in [0.25, 0.3) is 0 Å². The van der Waals surface area contributed by atoms with Crippen LogP contribution in [0.5, 0.6) is 0 Å². The third kappa shape index (κ3) is 6.11. The van der Waals surface area contributed by atoms with E-state index in [1.807, 2.05) is 92.0 Å². The first-order chi connectivity index (χ1) is 19.5. The van der Waals surface area contributed by atoms with E-state index in [2.05, 4.69) is 11.1 Å². The molecule has 0 radical (unpaired) electrons. The van der Waals surface area contributed by atoms with Crippen molar-refractivity contribution >= 4 is 37.6 Å². The van der Waals surface area contributed by atoms with Gasteiger partial charge in [0, 0.05) is 42.1 Å². The van der Waals surface area contributed by atoms with Gasteiger partial charge < -0.3 is 9.88 Å². The zero-order valence-electron chi connectivity index (χ0n) is 22.8. The highest BCUT2D eigenvalue weighted by Gasteiger charge is 2.29. The summed E-state index contributed by atoms with van der Waals surface area (Å²) in [5.41, 5.74) is 3.20.